The summed E-state index contributed by atoms with van der Waals surface area (Å²) >= 11 is 0. The largest absolute Gasteiger partial charge is 0.508 e. The van der Waals surface area contributed by atoms with Crippen molar-refractivity contribution < 1.29 is 5.11 Å². The molecular formula is C51H56N4O. The summed E-state index contributed by atoms with van der Waals surface area (Å²) in [4.78, 5) is 13.5. The lowest BCUT2D eigenvalue weighted by Gasteiger charge is -2.54. The molecule has 8 atom stereocenters. The smallest absolute Gasteiger partial charge is 0.206 e. The quantitative estimate of drug-likeness (QED) is 0.340. The standard InChI is InChI=1S/C51H56N4O/c1-33-28-36(30-40-41-32-38(56)23-27-50(41,5)55(45(33)40)48(3)24-15-9-16-25-48)37-29-34(2)51(6)42(31-37)39-20-12-13-21-43(39)54(51)47-52-44-22-14-17-26-49(44,4)46(53(47)7)35-18-10-8-11-19-35/h8-24,30-34,42,46,56H,25-29H2,1-7H3. The van der Waals surface area contributed by atoms with Crippen molar-refractivity contribution in [3.8, 4) is 0 Å². The molecule has 5 nitrogen and oxygen atoms in total. The Morgan fingerprint density at radius 2 is 1.59 bits per heavy atom. The predicted octanol–water partition coefficient (Wildman–Crippen LogP) is 11.5. The molecule has 10 rings (SSSR count). The highest BCUT2D eigenvalue weighted by molar-refractivity contribution is 6.02. The molecule has 8 aliphatic rings. The van der Waals surface area contributed by atoms with Gasteiger partial charge in [0, 0.05) is 35.7 Å². The van der Waals surface area contributed by atoms with Crippen molar-refractivity contribution in [2.45, 2.75) is 102 Å². The van der Waals surface area contributed by atoms with Crippen molar-refractivity contribution >= 4 is 11.6 Å². The molecule has 5 heteroatoms. The average Bonchev–Trinajstić information content (AvgIpc) is 3.61. The minimum absolute atomic E-state index is 0.132. The number of guanidine groups is 1. The van der Waals surface area contributed by atoms with Crippen LogP contribution in [0.15, 0.2) is 166 Å². The number of benzene rings is 2. The molecule has 56 heavy (non-hydrogen) atoms. The molecule has 0 aromatic heterocycles. The van der Waals surface area contributed by atoms with E-state index in [9.17, 15) is 5.11 Å². The van der Waals surface area contributed by atoms with E-state index in [1.165, 1.54) is 50.5 Å². The second-order valence-electron chi connectivity index (χ2n) is 18.8. The zero-order valence-corrected chi connectivity index (χ0v) is 34.1. The first kappa shape index (κ1) is 35.4. The molecule has 0 radical (unpaired) electrons. The van der Waals surface area contributed by atoms with Crippen LogP contribution in [-0.4, -0.2) is 44.5 Å². The van der Waals surface area contributed by atoms with Crippen LogP contribution in [0, 0.1) is 17.3 Å². The molecule has 2 aromatic rings. The second kappa shape index (κ2) is 12.2. The maximum Gasteiger partial charge on any atom is 0.206 e. The first-order valence-electron chi connectivity index (χ1n) is 20.9. The van der Waals surface area contributed by atoms with Crippen LogP contribution < -0.4 is 4.90 Å². The average molecular weight is 741 g/mol. The number of fused-ring (bicyclic) bond motifs is 6. The summed E-state index contributed by atoms with van der Waals surface area (Å²) in [7, 11) is 2.27. The van der Waals surface area contributed by atoms with Crippen LogP contribution >= 0.6 is 0 Å². The number of nitrogens with zero attached hydrogens (tertiary/aromatic N) is 4. The van der Waals surface area contributed by atoms with Crippen LogP contribution in [0.2, 0.25) is 0 Å². The minimum atomic E-state index is -0.219. The molecule has 286 valence electrons. The van der Waals surface area contributed by atoms with Crippen LogP contribution in [0.1, 0.15) is 96.7 Å². The Kier molecular flexibility index (Phi) is 7.73. The predicted molar refractivity (Wildman–Crippen MR) is 230 cm³/mol. The van der Waals surface area contributed by atoms with E-state index in [0.717, 1.165) is 38.1 Å². The van der Waals surface area contributed by atoms with Gasteiger partial charge in [0.2, 0.25) is 5.96 Å². The van der Waals surface area contributed by atoms with Crippen LogP contribution in [0.5, 0.6) is 0 Å². The highest BCUT2D eigenvalue weighted by atomic mass is 16.3. The molecule has 0 fully saturated rings. The molecule has 2 aromatic carbocycles. The first-order valence-corrected chi connectivity index (χ1v) is 20.9. The third kappa shape index (κ3) is 4.75. The molecule has 0 saturated heterocycles. The van der Waals surface area contributed by atoms with E-state index in [0.29, 0.717) is 17.6 Å². The fourth-order valence-corrected chi connectivity index (χ4v) is 12.3. The summed E-state index contributed by atoms with van der Waals surface area (Å²) in [6, 6.07) is 20.3. The number of para-hydroxylation sites is 1. The number of rotatable bonds is 3. The van der Waals surface area contributed by atoms with Gasteiger partial charge in [0.05, 0.1) is 28.4 Å². The summed E-state index contributed by atoms with van der Waals surface area (Å²) in [6.45, 7) is 14.6. The van der Waals surface area contributed by atoms with E-state index in [1.807, 2.05) is 6.08 Å². The fraction of sp³-hybridized carbons (Fsp3) is 0.392. The molecule has 8 unspecified atom stereocenters. The summed E-state index contributed by atoms with van der Waals surface area (Å²) in [5, 5.41) is 10.9. The molecule has 0 saturated carbocycles. The summed E-state index contributed by atoms with van der Waals surface area (Å²) < 4.78 is 0. The topological polar surface area (TPSA) is 42.3 Å². The Bertz CT molecular complexity index is 2350. The maximum absolute atomic E-state index is 10.9. The molecule has 5 aliphatic carbocycles. The van der Waals surface area contributed by atoms with E-state index in [-0.39, 0.29) is 34.0 Å². The van der Waals surface area contributed by atoms with Crippen LogP contribution in [-0.2, 0) is 0 Å². The number of hydrogen-bond acceptors (Lipinski definition) is 5. The van der Waals surface area contributed by atoms with Gasteiger partial charge < -0.3 is 19.8 Å². The lowest BCUT2D eigenvalue weighted by Crippen LogP contribution is -2.61. The number of anilines is 1. The Balaban J connectivity index is 1.09. The highest BCUT2D eigenvalue weighted by Crippen LogP contribution is 2.61. The normalized spacial score (nSPS) is 36.7. The van der Waals surface area contributed by atoms with Gasteiger partial charge in [-0.15, -0.1) is 0 Å². The monoisotopic (exact) mass is 740 g/mol. The Labute approximate surface area is 333 Å². The molecule has 3 heterocycles. The van der Waals surface area contributed by atoms with Gasteiger partial charge >= 0.3 is 0 Å². The number of aliphatic hydroxyl groups excluding tert-OH is 1. The first-order chi connectivity index (χ1) is 26.9. The van der Waals surface area contributed by atoms with Crippen molar-refractivity contribution in [2.24, 2.45) is 22.2 Å². The Morgan fingerprint density at radius 1 is 0.821 bits per heavy atom. The van der Waals surface area contributed by atoms with Gasteiger partial charge in [0.1, 0.15) is 5.76 Å². The van der Waals surface area contributed by atoms with Gasteiger partial charge in [0.15, 0.2) is 0 Å². The van der Waals surface area contributed by atoms with Gasteiger partial charge in [-0.2, -0.15) is 0 Å². The summed E-state index contributed by atoms with van der Waals surface area (Å²) in [5.74, 6) is 2.32. The molecule has 1 N–H and O–H groups in total. The van der Waals surface area contributed by atoms with Crippen molar-refractivity contribution in [1.82, 2.24) is 9.80 Å². The van der Waals surface area contributed by atoms with Crippen molar-refractivity contribution in [1.29, 1.82) is 0 Å². The number of hydrogen-bond donors (Lipinski definition) is 1. The molecule has 0 bridgehead atoms. The number of allylic oxidation sites excluding steroid dienone is 10. The molecule has 3 aliphatic heterocycles. The van der Waals surface area contributed by atoms with Crippen LogP contribution in [0.3, 0.4) is 0 Å². The summed E-state index contributed by atoms with van der Waals surface area (Å²) in [5.41, 5.74) is 11.4. The third-order valence-corrected chi connectivity index (χ3v) is 15.2. The van der Waals surface area contributed by atoms with Gasteiger partial charge in [-0.25, -0.2) is 4.99 Å². The van der Waals surface area contributed by atoms with E-state index in [1.54, 1.807) is 0 Å². The van der Waals surface area contributed by atoms with E-state index in [2.05, 4.69) is 179 Å². The Hall–Kier alpha value is -5.03. The molecule has 0 amide bonds. The zero-order valence-electron chi connectivity index (χ0n) is 34.1. The summed E-state index contributed by atoms with van der Waals surface area (Å²) in [6.07, 6.45) is 29.8. The number of aliphatic hydroxyl groups is 1. The van der Waals surface area contributed by atoms with E-state index >= 15 is 0 Å². The second-order valence-corrected chi connectivity index (χ2v) is 18.8. The molecular weight excluding hydrogens is 685 g/mol. The minimum Gasteiger partial charge on any atom is -0.508 e. The van der Waals surface area contributed by atoms with Gasteiger partial charge in [0.25, 0.3) is 0 Å². The molecule has 0 spiro atoms. The van der Waals surface area contributed by atoms with Gasteiger partial charge in [-0.1, -0.05) is 112 Å². The van der Waals surface area contributed by atoms with Crippen LogP contribution in [0.25, 0.3) is 0 Å². The number of aliphatic imine (C=N–C) groups is 1. The van der Waals surface area contributed by atoms with Crippen LogP contribution in [0.4, 0.5) is 5.69 Å². The highest BCUT2D eigenvalue weighted by Gasteiger charge is 2.58. The fourth-order valence-electron chi connectivity index (χ4n) is 12.3. The SMILES string of the molecule is CC1CC(C2=CC3c4ccccc4N(C4=NC5=CC=CCC5(C)C(c5ccccc5)N4C)C3(C)C(C)C2)=CC2=C1N(C1(C)C=CC=CC1)C1(C)CC=C(O)C=C21. The van der Waals surface area contributed by atoms with Gasteiger partial charge in [-0.3, -0.25) is 0 Å². The van der Waals surface area contributed by atoms with Crippen molar-refractivity contribution in [3.63, 3.8) is 0 Å². The lowest BCUT2D eigenvalue weighted by molar-refractivity contribution is 0.0880. The van der Waals surface area contributed by atoms with E-state index < -0.39 is 0 Å². The maximum atomic E-state index is 10.9. The van der Waals surface area contributed by atoms with Crippen molar-refractivity contribution in [3.05, 3.63) is 172 Å². The lowest BCUT2D eigenvalue weighted by atomic mass is 9.66. The van der Waals surface area contributed by atoms with Crippen molar-refractivity contribution in [2.75, 3.05) is 11.9 Å². The Morgan fingerprint density at radius 3 is 2.38 bits per heavy atom. The third-order valence-electron chi connectivity index (χ3n) is 15.2. The van der Waals surface area contributed by atoms with Gasteiger partial charge in [-0.05, 0) is 123 Å². The zero-order chi connectivity index (χ0) is 38.8. The van der Waals surface area contributed by atoms with E-state index in [4.69, 9.17) is 4.99 Å².